The smallest absolute Gasteiger partial charge is 0.330 e. The van der Waals surface area contributed by atoms with Gasteiger partial charge in [-0.15, -0.1) is 0 Å². The Balaban J connectivity index is 5.21. The van der Waals surface area contributed by atoms with Crippen LogP contribution in [-0.2, 0) is 9.59 Å². The van der Waals surface area contributed by atoms with Gasteiger partial charge in [-0.1, -0.05) is 0 Å². The molecule has 96 valence electrons. The van der Waals surface area contributed by atoms with Crippen LogP contribution in [0.1, 0.15) is 6.42 Å². The maximum absolute atomic E-state index is 10.9. The molecule has 0 saturated carbocycles. The Bertz CT molecular complexity index is 357. The Hall–Kier alpha value is -2.52. The molecule has 10 N–H and O–H groups in total. The molecule has 2 atom stereocenters. The van der Waals surface area contributed by atoms with Gasteiger partial charge in [0.25, 0.3) is 0 Å². The summed E-state index contributed by atoms with van der Waals surface area (Å²) >= 11 is 0. The molecule has 0 aliphatic carbocycles. The zero-order chi connectivity index (χ0) is 13.6. The third kappa shape index (κ3) is 5.81. The fraction of sp³-hybridized carbons (Fsp3) is 0.429. The van der Waals surface area contributed by atoms with Crippen molar-refractivity contribution in [1.82, 2.24) is 0 Å². The summed E-state index contributed by atoms with van der Waals surface area (Å²) in [5.41, 5.74) is 20.2. The standard InChI is InChI=1S/C7H14N6O4/c8-6(9)12-2(1-3(14)15)4(5(16)17)13-7(10)11/h2,4H,1H2,(H,14,15)(H,16,17)(H4,8,9,12)(H4,10,11,13). The van der Waals surface area contributed by atoms with Crippen LogP contribution in [0.4, 0.5) is 0 Å². The summed E-state index contributed by atoms with van der Waals surface area (Å²) in [6, 6.07) is -2.84. The van der Waals surface area contributed by atoms with Crippen LogP contribution >= 0.6 is 0 Å². The third-order valence-corrected chi connectivity index (χ3v) is 1.60. The van der Waals surface area contributed by atoms with Crippen molar-refractivity contribution in [2.45, 2.75) is 18.5 Å². The minimum absolute atomic E-state index is 0.451. The first-order valence-electron chi connectivity index (χ1n) is 4.36. The molecule has 0 aliphatic rings. The summed E-state index contributed by atoms with van der Waals surface area (Å²) in [6.45, 7) is 0. The molecular formula is C7H14N6O4. The summed E-state index contributed by atoms with van der Waals surface area (Å²) in [7, 11) is 0. The lowest BCUT2D eigenvalue weighted by atomic mass is 10.1. The van der Waals surface area contributed by atoms with Crippen molar-refractivity contribution in [2.24, 2.45) is 32.9 Å². The van der Waals surface area contributed by atoms with E-state index in [1.807, 2.05) is 0 Å². The van der Waals surface area contributed by atoms with Crippen molar-refractivity contribution < 1.29 is 19.8 Å². The Labute approximate surface area is 96.0 Å². The number of aliphatic carboxylic acids is 2. The lowest BCUT2D eigenvalue weighted by Crippen LogP contribution is -2.39. The molecule has 0 aromatic heterocycles. The molecule has 0 spiro atoms. The van der Waals surface area contributed by atoms with Gasteiger partial charge in [-0.3, -0.25) is 4.79 Å². The average Bonchev–Trinajstić information content (AvgIpc) is 2.10. The minimum Gasteiger partial charge on any atom is -0.481 e. The molecule has 17 heavy (non-hydrogen) atoms. The molecule has 10 heteroatoms. The highest BCUT2D eigenvalue weighted by molar-refractivity contribution is 5.84. The monoisotopic (exact) mass is 246 g/mol. The highest BCUT2D eigenvalue weighted by atomic mass is 16.4. The largest absolute Gasteiger partial charge is 0.481 e. The summed E-state index contributed by atoms with van der Waals surface area (Å²) in [5, 5.41) is 17.5. The number of guanidine groups is 2. The Morgan fingerprint density at radius 2 is 1.47 bits per heavy atom. The molecule has 0 radical (unpaired) electrons. The van der Waals surface area contributed by atoms with E-state index in [0.29, 0.717) is 0 Å². The van der Waals surface area contributed by atoms with Crippen molar-refractivity contribution in [3.63, 3.8) is 0 Å². The topological polar surface area (TPSA) is 203 Å². The zero-order valence-electron chi connectivity index (χ0n) is 8.78. The first-order valence-corrected chi connectivity index (χ1v) is 4.36. The second-order valence-electron chi connectivity index (χ2n) is 3.06. The Morgan fingerprint density at radius 3 is 1.76 bits per heavy atom. The van der Waals surface area contributed by atoms with Crippen LogP contribution in [0.5, 0.6) is 0 Å². The maximum Gasteiger partial charge on any atom is 0.330 e. The van der Waals surface area contributed by atoms with Crippen molar-refractivity contribution in [3.05, 3.63) is 0 Å². The van der Waals surface area contributed by atoms with Gasteiger partial charge in [0.1, 0.15) is 0 Å². The number of nitrogens with two attached hydrogens (primary N) is 4. The number of hydrogen-bond acceptors (Lipinski definition) is 4. The summed E-state index contributed by atoms with van der Waals surface area (Å²) in [5.74, 6) is -3.67. The van der Waals surface area contributed by atoms with Crippen LogP contribution in [0.3, 0.4) is 0 Å². The van der Waals surface area contributed by atoms with Crippen molar-refractivity contribution >= 4 is 23.9 Å². The van der Waals surface area contributed by atoms with Crippen LogP contribution in [-0.4, -0.2) is 46.2 Å². The Kier molecular flexibility index (Phi) is 5.24. The van der Waals surface area contributed by atoms with Gasteiger partial charge in [-0.2, -0.15) is 0 Å². The number of hydrogen-bond donors (Lipinski definition) is 6. The molecule has 0 aliphatic heterocycles. The number of rotatable bonds is 6. The second kappa shape index (κ2) is 6.15. The molecule has 0 aromatic rings. The number of nitrogens with zero attached hydrogens (tertiary/aromatic N) is 2. The van der Waals surface area contributed by atoms with E-state index in [0.717, 1.165) is 0 Å². The molecule has 0 heterocycles. The summed E-state index contributed by atoms with van der Waals surface area (Å²) < 4.78 is 0. The average molecular weight is 246 g/mol. The van der Waals surface area contributed by atoms with Crippen molar-refractivity contribution in [1.29, 1.82) is 0 Å². The fourth-order valence-corrected chi connectivity index (χ4v) is 1.06. The molecule has 2 unspecified atom stereocenters. The molecule has 0 amide bonds. The van der Waals surface area contributed by atoms with E-state index in [-0.39, 0.29) is 0 Å². The molecular weight excluding hydrogens is 232 g/mol. The van der Waals surface area contributed by atoms with Gasteiger partial charge in [0.2, 0.25) is 0 Å². The molecule has 0 aromatic carbocycles. The highest BCUT2D eigenvalue weighted by Gasteiger charge is 2.30. The molecule has 0 saturated heterocycles. The number of carboxylic acid groups (broad SMARTS) is 2. The fourth-order valence-electron chi connectivity index (χ4n) is 1.06. The molecule has 0 rings (SSSR count). The van der Waals surface area contributed by atoms with E-state index in [2.05, 4.69) is 9.98 Å². The van der Waals surface area contributed by atoms with Crippen LogP contribution in [0.25, 0.3) is 0 Å². The van der Waals surface area contributed by atoms with Crippen LogP contribution < -0.4 is 22.9 Å². The summed E-state index contributed by atoms with van der Waals surface area (Å²) in [4.78, 5) is 28.3. The minimum atomic E-state index is -1.56. The van der Waals surface area contributed by atoms with Gasteiger partial charge in [0.05, 0.1) is 12.5 Å². The van der Waals surface area contributed by atoms with E-state index in [9.17, 15) is 9.59 Å². The lowest BCUT2D eigenvalue weighted by molar-refractivity contribution is -0.140. The van der Waals surface area contributed by atoms with Crippen LogP contribution in [0.2, 0.25) is 0 Å². The zero-order valence-corrected chi connectivity index (χ0v) is 8.78. The lowest BCUT2D eigenvalue weighted by Gasteiger charge is -2.15. The predicted molar refractivity (Wildman–Crippen MR) is 59.1 cm³/mol. The van der Waals surface area contributed by atoms with Gasteiger partial charge < -0.3 is 33.1 Å². The molecule has 0 bridgehead atoms. The SMILES string of the molecule is NC(N)=NC(CC(=O)O)C(N=C(N)N)C(=O)O. The van der Waals surface area contributed by atoms with Gasteiger partial charge in [0.15, 0.2) is 18.0 Å². The van der Waals surface area contributed by atoms with Crippen LogP contribution in [0, 0.1) is 0 Å². The van der Waals surface area contributed by atoms with E-state index < -0.39 is 42.4 Å². The quantitative estimate of drug-likeness (QED) is 0.208. The Morgan fingerprint density at radius 1 is 1.00 bits per heavy atom. The van der Waals surface area contributed by atoms with E-state index >= 15 is 0 Å². The summed E-state index contributed by atoms with van der Waals surface area (Å²) in [6.07, 6.45) is -0.619. The number of carbonyl (C=O) groups is 2. The van der Waals surface area contributed by atoms with Crippen molar-refractivity contribution in [2.75, 3.05) is 0 Å². The van der Waals surface area contributed by atoms with Gasteiger partial charge in [0, 0.05) is 0 Å². The normalized spacial score (nSPS) is 13.2. The van der Waals surface area contributed by atoms with Crippen molar-refractivity contribution in [3.8, 4) is 0 Å². The first kappa shape index (κ1) is 14.5. The van der Waals surface area contributed by atoms with E-state index in [1.54, 1.807) is 0 Å². The number of carboxylic acids is 2. The molecule has 0 fully saturated rings. The molecule has 10 nitrogen and oxygen atoms in total. The van der Waals surface area contributed by atoms with Gasteiger partial charge in [-0.25, -0.2) is 14.8 Å². The van der Waals surface area contributed by atoms with E-state index in [1.165, 1.54) is 0 Å². The predicted octanol–water partition coefficient (Wildman–Crippen LogP) is -3.17. The van der Waals surface area contributed by atoms with Crippen LogP contribution in [0.15, 0.2) is 9.98 Å². The number of aliphatic imine (C=N–C) groups is 2. The highest BCUT2D eigenvalue weighted by Crippen LogP contribution is 2.09. The third-order valence-electron chi connectivity index (χ3n) is 1.60. The first-order chi connectivity index (χ1) is 7.73. The maximum atomic E-state index is 10.9. The second-order valence-corrected chi connectivity index (χ2v) is 3.06. The van der Waals surface area contributed by atoms with Gasteiger partial charge >= 0.3 is 11.9 Å². The van der Waals surface area contributed by atoms with Gasteiger partial charge in [-0.05, 0) is 0 Å². The van der Waals surface area contributed by atoms with E-state index in [4.69, 9.17) is 33.1 Å².